The Balaban J connectivity index is 1.61. The molecule has 0 bridgehead atoms. The summed E-state index contributed by atoms with van der Waals surface area (Å²) in [5, 5.41) is 0. The average molecular weight is 461 g/mol. The van der Waals surface area contributed by atoms with Gasteiger partial charge in [0.2, 0.25) is 0 Å². The maximum absolute atomic E-state index is 4.87. The maximum atomic E-state index is 4.87. The van der Waals surface area contributed by atoms with E-state index in [1.807, 2.05) is 6.20 Å². The summed E-state index contributed by atoms with van der Waals surface area (Å²) in [6.45, 7) is 4.44. The molecule has 0 aliphatic heterocycles. The smallest absolute Gasteiger partial charge is 0.144 e. The van der Waals surface area contributed by atoms with Gasteiger partial charge in [-0.25, -0.2) is 4.98 Å². The minimum absolute atomic E-state index is 0.627. The first kappa shape index (κ1) is 22.3. The van der Waals surface area contributed by atoms with Crippen molar-refractivity contribution in [2.24, 2.45) is 0 Å². The number of hydrogen-bond acceptors (Lipinski definition) is 1. The second-order valence-electron chi connectivity index (χ2n) is 10.8. The highest BCUT2D eigenvalue weighted by molar-refractivity contribution is 5.72. The lowest BCUT2D eigenvalue weighted by Crippen LogP contribution is -2.10. The Morgan fingerprint density at radius 1 is 0.657 bits per heavy atom. The van der Waals surface area contributed by atoms with E-state index in [9.17, 15) is 0 Å². The van der Waals surface area contributed by atoms with Crippen LogP contribution in [0.25, 0.3) is 28.2 Å². The molecule has 0 amide bonds. The predicted molar refractivity (Wildman–Crippen MR) is 146 cm³/mol. The molecule has 35 heavy (non-hydrogen) atoms. The van der Waals surface area contributed by atoms with Crippen molar-refractivity contribution in [1.82, 2.24) is 9.55 Å². The Labute approximate surface area is 210 Å². The zero-order chi connectivity index (χ0) is 23.8. The Morgan fingerprint density at radius 2 is 1.20 bits per heavy atom. The minimum Gasteiger partial charge on any atom is -0.299 e. The SMILES string of the molecule is Cc1cc(C)cc(-c2cc(C3CCCC3)c(-n3ccnc3-c3ccccc3)c(C3CCCC3)c2)c1. The van der Waals surface area contributed by atoms with Crippen molar-refractivity contribution < 1.29 is 0 Å². The summed E-state index contributed by atoms with van der Waals surface area (Å²) in [5.41, 5.74) is 11.1. The maximum Gasteiger partial charge on any atom is 0.144 e. The van der Waals surface area contributed by atoms with Gasteiger partial charge in [-0.15, -0.1) is 0 Å². The molecule has 1 aromatic heterocycles. The molecule has 0 radical (unpaired) electrons. The number of nitrogens with zero attached hydrogens (tertiary/aromatic N) is 2. The summed E-state index contributed by atoms with van der Waals surface area (Å²) < 4.78 is 2.42. The molecule has 0 atom stereocenters. The predicted octanol–water partition coefficient (Wildman–Crippen LogP) is 9.14. The van der Waals surface area contributed by atoms with Gasteiger partial charge in [-0.05, 0) is 85.8 Å². The van der Waals surface area contributed by atoms with Gasteiger partial charge in [-0.2, -0.15) is 0 Å². The normalized spacial score (nSPS) is 16.9. The lowest BCUT2D eigenvalue weighted by molar-refractivity contribution is 0.689. The average Bonchev–Trinajstić information content (AvgIpc) is 3.66. The van der Waals surface area contributed by atoms with Gasteiger partial charge in [0, 0.05) is 18.0 Å². The standard InChI is InChI=1S/C33H36N2/c1-23-18-24(2)20-28(19-23)29-21-30(25-10-6-7-11-25)32(31(22-29)26-12-8-9-13-26)35-17-16-34-33(35)27-14-4-3-5-15-27/h3-5,14-22,25-26H,6-13H2,1-2H3. The summed E-state index contributed by atoms with van der Waals surface area (Å²) >= 11 is 0. The third-order valence-corrected chi connectivity index (χ3v) is 8.23. The van der Waals surface area contributed by atoms with Crippen molar-refractivity contribution in [2.75, 3.05) is 0 Å². The molecule has 2 nitrogen and oxygen atoms in total. The molecule has 2 saturated carbocycles. The summed E-state index contributed by atoms with van der Waals surface area (Å²) in [6.07, 6.45) is 14.7. The van der Waals surface area contributed by atoms with Crippen LogP contribution in [0.2, 0.25) is 0 Å². The van der Waals surface area contributed by atoms with Crippen LogP contribution in [-0.4, -0.2) is 9.55 Å². The van der Waals surface area contributed by atoms with E-state index in [0.717, 1.165) is 5.82 Å². The second-order valence-corrected chi connectivity index (χ2v) is 10.8. The molecule has 6 rings (SSSR count). The molecule has 3 aromatic carbocycles. The fourth-order valence-electron chi connectivity index (χ4n) is 6.65. The molecule has 2 fully saturated rings. The molecular formula is C33H36N2. The first-order chi connectivity index (χ1) is 17.2. The molecule has 0 unspecified atom stereocenters. The molecule has 0 spiro atoms. The van der Waals surface area contributed by atoms with Gasteiger partial charge in [0.05, 0.1) is 5.69 Å². The highest BCUT2D eigenvalue weighted by Crippen LogP contribution is 2.46. The Kier molecular flexibility index (Phi) is 6.06. The Bertz CT molecular complexity index is 1260. The summed E-state index contributed by atoms with van der Waals surface area (Å²) in [7, 11) is 0. The van der Waals surface area contributed by atoms with E-state index in [0.29, 0.717) is 11.8 Å². The Morgan fingerprint density at radius 3 is 1.77 bits per heavy atom. The fraction of sp³-hybridized carbons (Fsp3) is 0.364. The van der Waals surface area contributed by atoms with Gasteiger partial charge >= 0.3 is 0 Å². The molecule has 178 valence electrons. The second kappa shape index (κ2) is 9.49. The highest BCUT2D eigenvalue weighted by atomic mass is 15.1. The molecule has 0 N–H and O–H groups in total. The summed E-state index contributed by atoms with van der Waals surface area (Å²) in [4.78, 5) is 4.87. The van der Waals surface area contributed by atoms with Crippen LogP contribution in [0.1, 0.15) is 85.5 Å². The fourth-order valence-corrected chi connectivity index (χ4v) is 6.65. The number of imidazole rings is 1. The van der Waals surface area contributed by atoms with Gasteiger partial charge in [-0.3, -0.25) is 4.57 Å². The molecule has 2 aliphatic carbocycles. The monoisotopic (exact) mass is 460 g/mol. The van der Waals surface area contributed by atoms with E-state index in [-0.39, 0.29) is 0 Å². The van der Waals surface area contributed by atoms with E-state index in [1.165, 1.54) is 96.0 Å². The van der Waals surface area contributed by atoms with Crippen LogP contribution in [0.5, 0.6) is 0 Å². The van der Waals surface area contributed by atoms with Crippen LogP contribution in [0.3, 0.4) is 0 Å². The van der Waals surface area contributed by atoms with Gasteiger partial charge in [0.15, 0.2) is 0 Å². The van der Waals surface area contributed by atoms with Gasteiger partial charge in [0.25, 0.3) is 0 Å². The van der Waals surface area contributed by atoms with Gasteiger partial charge in [-0.1, -0.05) is 85.3 Å². The number of aryl methyl sites for hydroxylation is 2. The third-order valence-electron chi connectivity index (χ3n) is 8.23. The van der Waals surface area contributed by atoms with Gasteiger partial charge < -0.3 is 0 Å². The first-order valence-electron chi connectivity index (χ1n) is 13.5. The minimum atomic E-state index is 0.627. The number of benzene rings is 3. The van der Waals surface area contributed by atoms with Crippen molar-refractivity contribution in [2.45, 2.75) is 77.0 Å². The molecule has 1 heterocycles. The quantitative estimate of drug-likeness (QED) is 0.290. The van der Waals surface area contributed by atoms with E-state index in [4.69, 9.17) is 4.98 Å². The number of hydrogen-bond donors (Lipinski definition) is 0. The summed E-state index contributed by atoms with van der Waals surface area (Å²) in [6, 6.07) is 22.8. The van der Waals surface area contributed by atoms with Crippen LogP contribution < -0.4 is 0 Å². The Hall–Kier alpha value is -3.13. The van der Waals surface area contributed by atoms with E-state index < -0.39 is 0 Å². The van der Waals surface area contributed by atoms with Crippen LogP contribution in [0.4, 0.5) is 0 Å². The van der Waals surface area contributed by atoms with E-state index >= 15 is 0 Å². The van der Waals surface area contributed by atoms with Crippen LogP contribution in [0, 0.1) is 13.8 Å². The molecule has 0 saturated heterocycles. The zero-order valence-electron chi connectivity index (χ0n) is 21.1. The molecular weight excluding hydrogens is 424 g/mol. The van der Waals surface area contributed by atoms with E-state index in [1.54, 1.807) is 0 Å². The largest absolute Gasteiger partial charge is 0.299 e. The summed E-state index contributed by atoms with van der Waals surface area (Å²) in [5.74, 6) is 2.31. The highest BCUT2D eigenvalue weighted by Gasteiger charge is 2.29. The van der Waals surface area contributed by atoms with Crippen LogP contribution in [0.15, 0.2) is 73.1 Å². The number of rotatable bonds is 5. The zero-order valence-corrected chi connectivity index (χ0v) is 21.1. The van der Waals surface area contributed by atoms with Gasteiger partial charge in [0.1, 0.15) is 5.82 Å². The van der Waals surface area contributed by atoms with Crippen molar-refractivity contribution in [3.8, 4) is 28.2 Å². The van der Waals surface area contributed by atoms with E-state index in [2.05, 4.69) is 85.3 Å². The molecule has 2 heteroatoms. The van der Waals surface area contributed by atoms with Crippen LogP contribution >= 0.6 is 0 Å². The van der Waals surface area contributed by atoms with Crippen LogP contribution in [-0.2, 0) is 0 Å². The van der Waals surface area contributed by atoms with Crippen molar-refractivity contribution >= 4 is 0 Å². The first-order valence-corrected chi connectivity index (χ1v) is 13.5. The van der Waals surface area contributed by atoms with Crippen molar-refractivity contribution in [3.05, 3.63) is 95.3 Å². The van der Waals surface area contributed by atoms with Crippen molar-refractivity contribution in [1.29, 1.82) is 0 Å². The lowest BCUT2D eigenvalue weighted by Gasteiger charge is -2.26. The third kappa shape index (κ3) is 4.35. The molecule has 4 aromatic rings. The number of aromatic nitrogens is 2. The lowest BCUT2D eigenvalue weighted by atomic mass is 9.84. The molecule has 2 aliphatic rings. The van der Waals surface area contributed by atoms with Crippen molar-refractivity contribution in [3.63, 3.8) is 0 Å². The topological polar surface area (TPSA) is 17.8 Å².